The van der Waals surface area contributed by atoms with Gasteiger partial charge in [0.15, 0.2) is 0 Å². The van der Waals surface area contributed by atoms with E-state index in [2.05, 4.69) is 10.6 Å². The molecule has 2 aromatic carbocycles. The number of aromatic nitrogens is 2. The lowest BCUT2D eigenvalue weighted by atomic mass is 10.1. The van der Waals surface area contributed by atoms with Gasteiger partial charge in [0, 0.05) is 17.8 Å². The van der Waals surface area contributed by atoms with Crippen molar-refractivity contribution in [3.05, 3.63) is 69.7 Å². The van der Waals surface area contributed by atoms with Crippen LogP contribution in [-0.4, -0.2) is 18.3 Å². The van der Waals surface area contributed by atoms with Crippen LogP contribution in [0.1, 0.15) is 21.6 Å². The van der Waals surface area contributed by atoms with Crippen molar-refractivity contribution in [2.24, 2.45) is 0 Å². The molecule has 0 spiro atoms. The van der Waals surface area contributed by atoms with Gasteiger partial charge >= 0.3 is 17.2 Å². The summed E-state index contributed by atoms with van der Waals surface area (Å²) >= 11 is 0. The molecule has 0 aliphatic heterocycles. The van der Waals surface area contributed by atoms with Crippen molar-refractivity contribution in [1.82, 2.24) is 5.27 Å². The quantitative estimate of drug-likeness (QED) is 0.712. The number of carbonyl (C=O) groups is 1. The zero-order valence-electron chi connectivity index (χ0n) is 14.1. The normalized spacial score (nSPS) is 10.5. The molecule has 3 rings (SSSR count). The predicted octanol–water partition coefficient (Wildman–Crippen LogP) is 2.12. The molecule has 1 heterocycles. The summed E-state index contributed by atoms with van der Waals surface area (Å²) in [6.07, 6.45) is 0. The third-order valence-electron chi connectivity index (χ3n) is 3.67. The average molecular weight is 340 g/mol. The van der Waals surface area contributed by atoms with Crippen LogP contribution >= 0.6 is 0 Å². The summed E-state index contributed by atoms with van der Waals surface area (Å²) in [5.41, 5.74) is 2.31. The highest BCUT2D eigenvalue weighted by molar-refractivity contribution is 6.01. The van der Waals surface area contributed by atoms with Gasteiger partial charge in [0.2, 0.25) is 5.69 Å². The molecular weight excluding hydrogens is 322 g/mol. The number of aryl methyl sites for hydroxylation is 2. The van der Waals surface area contributed by atoms with Crippen LogP contribution in [0.3, 0.4) is 0 Å². The second kappa shape index (κ2) is 6.64. The van der Waals surface area contributed by atoms with Gasteiger partial charge in [0.1, 0.15) is 5.75 Å². The first-order chi connectivity index (χ1) is 12.0. The lowest BCUT2D eigenvalue weighted by molar-refractivity contribution is -0.672. The lowest BCUT2D eigenvalue weighted by Gasteiger charge is -2.05. The number of anilines is 1. The monoisotopic (exact) mass is 340 g/mol. The topological polar surface area (TPSA) is 88.2 Å². The molecule has 0 saturated heterocycles. The van der Waals surface area contributed by atoms with Crippen LogP contribution in [0.25, 0.3) is 5.69 Å². The number of nitrogens with zero attached hydrogens (tertiary/aromatic N) is 1. The Labute approximate surface area is 143 Å². The van der Waals surface area contributed by atoms with Crippen LogP contribution in [0.2, 0.25) is 0 Å². The highest BCUT2D eigenvalue weighted by Crippen LogP contribution is 2.15. The molecule has 7 nitrogen and oxygen atoms in total. The Morgan fingerprint density at radius 1 is 1.12 bits per heavy atom. The summed E-state index contributed by atoms with van der Waals surface area (Å²) < 4.78 is 11.2. The summed E-state index contributed by atoms with van der Waals surface area (Å²) in [5, 5.41) is 5.18. The van der Waals surface area contributed by atoms with E-state index in [1.165, 1.54) is 4.68 Å². The van der Waals surface area contributed by atoms with Gasteiger partial charge in [0.25, 0.3) is 0 Å². The largest absolute Gasteiger partial charge is 0.497 e. The van der Waals surface area contributed by atoms with Crippen LogP contribution in [0.5, 0.6) is 5.75 Å². The molecule has 0 fully saturated rings. The molecule has 0 atom stereocenters. The molecule has 0 bridgehead atoms. The molecular formula is C18H18N3O4+. The molecule has 2 N–H and O–H groups in total. The molecule has 3 aromatic rings. The van der Waals surface area contributed by atoms with E-state index in [1.54, 1.807) is 31.4 Å². The van der Waals surface area contributed by atoms with Gasteiger partial charge in [-0.2, -0.15) is 0 Å². The summed E-state index contributed by atoms with van der Waals surface area (Å²) in [6.45, 7) is 3.87. The third kappa shape index (κ3) is 3.45. The fourth-order valence-corrected chi connectivity index (χ4v) is 2.62. The van der Waals surface area contributed by atoms with E-state index in [-0.39, 0.29) is 5.69 Å². The molecule has 1 aromatic heterocycles. The highest BCUT2D eigenvalue weighted by atomic mass is 16.5. The van der Waals surface area contributed by atoms with Crippen LogP contribution in [0, 0.1) is 13.8 Å². The molecule has 7 heteroatoms. The zero-order chi connectivity index (χ0) is 18.0. The minimum atomic E-state index is -0.752. The van der Waals surface area contributed by atoms with E-state index in [0.29, 0.717) is 17.1 Å². The van der Waals surface area contributed by atoms with Gasteiger partial charge in [-0.05, 0) is 59.2 Å². The van der Waals surface area contributed by atoms with Gasteiger partial charge < -0.3 is 10.1 Å². The van der Waals surface area contributed by atoms with Crippen molar-refractivity contribution >= 4 is 11.6 Å². The molecule has 0 unspecified atom stereocenters. The second-order valence-corrected chi connectivity index (χ2v) is 5.69. The Morgan fingerprint density at radius 3 is 2.36 bits per heavy atom. The van der Waals surface area contributed by atoms with Crippen molar-refractivity contribution in [3.8, 4) is 11.4 Å². The van der Waals surface area contributed by atoms with Gasteiger partial charge in [-0.15, -0.1) is 0 Å². The van der Waals surface area contributed by atoms with E-state index < -0.39 is 11.5 Å². The first-order valence-corrected chi connectivity index (χ1v) is 7.65. The molecule has 128 valence electrons. The lowest BCUT2D eigenvalue weighted by Crippen LogP contribution is -2.42. The highest BCUT2D eigenvalue weighted by Gasteiger charge is 2.31. The van der Waals surface area contributed by atoms with E-state index in [0.717, 1.165) is 11.1 Å². The van der Waals surface area contributed by atoms with Gasteiger partial charge in [-0.3, -0.25) is 9.32 Å². The summed E-state index contributed by atoms with van der Waals surface area (Å²) in [5.74, 6) is 0.104. The van der Waals surface area contributed by atoms with Gasteiger partial charge in [-0.1, -0.05) is 6.07 Å². The van der Waals surface area contributed by atoms with Gasteiger partial charge in [-0.25, -0.2) is 4.79 Å². The molecule has 0 radical (unpaired) electrons. The molecule has 25 heavy (non-hydrogen) atoms. The van der Waals surface area contributed by atoms with Crippen molar-refractivity contribution in [1.29, 1.82) is 0 Å². The molecule has 0 aliphatic rings. The van der Waals surface area contributed by atoms with Crippen LogP contribution in [0.15, 0.2) is 51.8 Å². The second-order valence-electron chi connectivity index (χ2n) is 5.69. The number of H-pyrrole nitrogens is 1. The average Bonchev–Trinajstić information content (AvgIpc) is 2.95. The number of hydrogen-bond acceptors (Lipinski definition) is 4. The van der Waals surface area contributed by atoms with E-state index in [1.807, 2.05) is 32.0 Å². The SMILES string of the molecule is COc1ccc(-[n+]2[nH]oc(=O)c2C(=O)Nc2cc(C)cc(C)c2)cc1. The van der Waals surface area contributed by atoms with E-state index in [4.69, 9.17) is 9.26 Å². The van der Waals surface area contributed by atoms with Crippen molar-refractivity contribution in [2.75, 3.05) is 12.4 Å². The Bertz CT molecular complexity index is 950. The maximum absolute atomic E-state index is 12.6. The van der Waals surface area contributed by atoms with Crippen LogP contribution in [-0.2, 0) is 0 Å². The van der Waals surface area contributed by atoms with Crippen molar-refractivity contribution < 1.29 is 18.7 Å². The maximum Gasteiger partial charge on any atom is 0.441 e. The van der Waals surface area contributed by atoms with E-state index >= 15 is 0 Å². The Hall–Kier alpha value is -3.35. The fraction of sp³-hybridized carbons (Fsp3) is 0.167. The molecule has 0 saturated carbocycles. The number of rotatable bonds is 4. The maximum atomic E-state index is 12.6. The number of amides is 1. The van der Waals surface area contributed by atoms with E-state index in [9.17, 15) is 9.59 Å². The minimum absolute atomic E-state index is 0.149. The number of hydrogen-bond donors (Lipinski definition) is 2. The van der Waals surface area contributed by atoms with Crippen LogP contribution in [0.4, 0.5) is 5.69 Å². The minimum Gasteiger partial charge on any atom is -0.497 e. The number of methoxy groups -OCH3 is 1. The number of ether oxygens (including phenoxy) is 1. The number of benzene rings is 2. The standard InChI is InChI=1S/C18H17N3O4/c1-11-8-12(2)10-13(9-11)19-17(22)16-18(23)25-20-21(16)14-4-6-15(24-3)7-5-14/h4-10H,1-3H3,(H-,19,20,22,23)/p+1. The third-order valence-corrected chi connectivity index (χ3v) is 3.67. The Kier molecular flexibility index (Phi) is 4.38. The van der Waals surface area contributed by atoms with Crippen LogP contribution < -0.4 is 20.4 Å². The number of nitrogens with one attached hydrogen (secondary N) is 2. The number of aromatic amines is 1. The molecule has 0 aliphatic carbocycles. The predicted molar refractivity (Wildman–Crippen MR) is 91.3 cm³/mol. The first kappa shape index (κ1) is 16.5. The first-order valence-electron chi connectivity index (χ1n) is 7.65. The Morgan fingerprint density at radius 2 is 1.76 bits per heavy atom. The van der Waals surface area contributed by atoms with Crippen molar-refractivity contribution in [2.45, 2.75) is 13.8 Å². The summed E-state index contributed by atoms with van der Waals surface area (Å²) in [4.78, 5) is 24.6. The molecule has 1 amide bonds. The number of carbonyl (C=O) groups excluding carboxylic acids is 1. The Balaban J connectivity index is 1.95. The zero-order valence-corrected chi connectivity index (χ0v) is 14.1. The fourth-order valence-electron chi connectivity index (χ4n) is 2.62. The summed E-state index contributed by atoms with van der Waals surface area (Å²) in [7, 11) is 1.56. The van der Waals surface area contributed by atoms with Gasteiger partial charge in [0.05, 0.1) is 7.11 Å². The smallest absolute Gasteiger partial charge is 0.441 e. The summed E-state index contributed by atoms with van der Waals surface area (Å²) in [6, 6.07) is 12.5. The van der Waals surface area contributed by atoms with Crippen molar-refractivity contribution in [3.63, 3.8) is 0 Å².